The maximum Gasteiger partial charge on any atom is 0.0921 e. The maximum atomic E-state index is 9.40. The summed E-state index contributed by atoms with van der Waals surface area (Å²) in [4.78, 5) is 22.1. The highest BCUT2D eigenvalue weighted by molar-refractivity contribution is 5.36. The molecule has 2 unspecified atom stereocenters. The molecule has 4 aromatic rings. The van der Waals surface area contributed by atoms with Gasteiger partial charge in [0.1, 0.15) is 0 Å². The average molecular weight is 437 g/mol. The molecule has 0 saturated carbocycles. The van der Waals surface area contributed by atoms with Crippen LogP contribution < -0.4 is 0 Å². The number of aliphatic hydroxyl groups excluding tert-OH is 3. The van der Waals surface area contributed by atoms with Crippen LogP contribution in [0.4, 0.5) is 0 Å². The quantitative estimate of drug-likeness (QED) is 0.299. The monoisotopic (exact) mass is 436 g/mol. The van der Waals surface area contributed by atoms with Crippen molar-refractivity contribution >= 4 is 0 Å². The average Bonchev–Trinajstić information content (AvgIpc) is 3.57. The first kappa shape index (κ1) is 23.3. The highest BCUT2D eigenvalue weighted by Crippen LogP contribution is 2.27. The van der Waals surface area contributed by atoms with E-state index in [0.717, 1.165) is 28.1 Å². The number of nitrogens with zero attached hydrogens (tertiary/aromatic N) is 4. The summed E-state index contributed by atoms with van der Waals surface area (Å²) in [5, 5.41) is 27.8. The first-order chi connectivity index (χ1) is 15.6. The van der Waals surface area contributed by atoms with E-state index >= 15 is 0 Å². The lowest BCUT2D eigenvalue weighted by atomic mass is 9.93. The van der Waals surface area contributed by atoms with Crippen molar-refractivity contribution in [3.05, 3.63) is 95.1 Å². The summed E-state index contributed by atoms with van der Waals surface area (Å²) in [6.07, 6.45) is 11.9. The number of pyridine rings is 2. The smallest absolute Gasteiger partial charge is 0.0921 e. The number of H-pyrrole nitrogens is 2. The van der Waals surface area contributed by atoms with Crippen molar-refractivity contribution in [2.45, 2.75) is 45.5 Å². The van der Waals surface area contributed by atoms with E-state index in [9.17, 15) is 15.3 Å². The molecule has 0 radical (unpaired) electrons. The minimum absolute atomic E-state index is 0.0155. The number of aromatic amines is 2. The van der Waals surface area contributed by atoms with Gasteiger partial charge in [0, 0.05) is 59.8 Å². The Balaban J connectivity index is 0.000000182. The number of imidazole rings is 2. The van der Waals surface area contributed by atoms with Gasteiger partial charge in [-0.25, -0.2) is 9.97 Å². The van der Waals surface area contributed by atoms with Gasteiger partial charge < -0.3 is 25.3 Å². The molecule has 0 aromatic carbocycles. The predicted octanol–water partition coefficient (Wildman–Crippen LogP) is 2.39. The fraction of sp³-hybridized carbons (Fsp3) is 0.304. The Bertz CT molecular complexity index is 1080. The Labute approximate surface area is 186 Å². The van der Waals surface area contributed by atoms with E-state index in [0.29, 0.717) is 11.3 Å². The van der Waals surface area contributed by atoms with Crippen molar-refractivity contribution in [1.82, 2.24) is 29.9 Å². The summed E-state index contributed by atoms with van der Waals surface area (Å²) in [6.45, 7) is 3.81. The van der Waals surface area contributed by atoms with Gasteiger partial charge in [-0.2, -0.15) is 0 Å². The fourth-order valence-corrected chi connectivity index (χ4v) is 3.61. The van der Waals surface area contributed by atoms with Crippen LogP contribution in [0.1, 0.15) is 65.0 Å². The van der Waals surface area contributed by atoms with Gasteiger partial charge >= 0.3 is 0 Å². The molecule has 5 N–H and O–H groups in total. The van der Waals surface area contributed by atoms with Gasteiger partial charge in [0.2, 0.25) is 0 Å². The second kappa shape index (κ2) is 11.3. The van der Waals surface area contributed by atoms with Crippen molar-refractivity contribution in [2.75, 3.05) is 0 Å². The van der Waals surface area contributed by atoms with Crippen LogP contribution >= 0.6 is 0 Å². The molecular weight excluding hydrogens is 408 g/mol. The van der Waals surface area contributed by atoms with E-state index in [4.69, 9.17) is 0 Å². The number of hydrogen-bond donors (Lipinski definition) is 5. The van der Waals surface area contributed by atoms with Gasteiger partial charge in [-0.1, -0.05) is 13.8 Å². The molecule has 0 aliphatic carbocycles. The van der Waals surface area contributed by atoms with E-state index in [2.05, 4.69) is 36.8 Å². The van der Waals surface area contributed by atoms with Gasteiger partial charge in [-0.15, -0.1) is 0 Å². The van der Waals surface area contributed by atoms with Crippen molar-refractivity contribution in [2.24, 2.45) is 0 Å². The highest BCUT2D eigenvalue weighted by Gasteiger charge is 2.16. The molecule has 0 amide bonds. The zero-order valence-corrected chi connectivity index (χ0v) is 18.1. The van der Waals surface area contributed by atoms with Crippen molar-refractivity contribution in [3.63, 3.8) is 0 Å². The lowest BCUT2D eigenvalue weighted by Crippen LogP contribution is -2.07. The molecule has 168 valence electrons. The van der Waals surface area contributed by atoms with E-state index in [1.165, 1.54) is 0 Å². The third-order valence-corrected chi connectivity index (χ3v) is 5.51. The molecule has 4 rings (SSSR count). The van der Waals surface area contributed by atoms with Crippen LogP contribution in [0.2, 0.25) is 0 Å². The number of aromatic nitrogens is 6. The molecular formula is C23H28N6O3. The van der Waals surface area contributed by atoms with Crippen molar-refractivity contribution < 1.29 is 15.3 Å². The Morgan fingerprint density at radius 2 is 1.38 bits per heavy atom. The first-order valence-electron chi connectivity index (χ1n) is 10.3. The molecule has 0 spiro atoms. The molecule has 9 heteroatoms. The van der Waals surface area contributed by atoms with Crippen molar-refractivity contribution in [3.8, 4) is 0 Å². The largest absolute Gasteiger partial charge is 0.392 e. The van der Waals surface area contributed by atoms with Crippen LogP contribution in [0.3, 0.4) is 0 Å². The first-order valence-corrected chi connectivity index (χ1v) is 10.3. The second-order valence-corrected chi connectivity index (χ2v) is 7.33. The number of aliphatic hydroxyl groups is 3. The molecule has 9 nitrogen and oxygen atoms in total. The minimum atomic E-state index is -0.167. The van der Waals surface area contributed by atoms with Gasteiger partial charge in [-0.05, 0) is 28.8 Å². The molecule has 2 atom stereocenters. The summed E-state index contributed by atoms with van der Waals surface area (Å²) >= 11 is 0. The lowest BCUT2D eigenvalue weighted by Gasteiger charge is -2.15. The third kappa shape index (κ3) is 5.25. The van der Waals surface area contributed by atoms with Gasteiger partial charge in [0.05, 0.1) is 38.2 Å². The molecule has 4 aromatic heterocycles. The molecule has 0 saturated heterocycles. The summed E-state index contributed by atoms with van der Waals surface area (Å²) in [6, 6.07) is 3.78. The van der Waals surface area contributed by atoms with Crippen LogP contribution in [0.25, 0.3) is 0 Å². The van der Waals surface area contributed by atoms with Crippen LogP contribution in [0.5, 0.6) is 0 Å². The fourth-order valence-electron chi connectivity index (χ4n) is 3.61. The predicted molar refractivity (Wildman–Crippen MR) is 118 cm³/mol. The summed E-state index contributed by atoms with van der Waals surface area (Å²) < 4.78 is 0. The Kier molecular flexibility index (Phi) is 8.20. The number of hydrogen-bond acceptors (Lipinski definition) is 7. The lowest BCUT2D eigenvalue weighted by molar-refractivity contribution is 0.254. The minimum Gasteiger partial charge on any atom is -0.392 e. The molecule has 0 aliphatic heterocycles. The van der Waals surface area contributed by atoms with Gasteiger partial charge in [-0.3, -0.25) is 9.97 Å². The Morgan fingerprint density at radius 3 is 1.91 bits per heavy atom. The standard InChI is InChI=1S/C12H15N3O2.C11H13N3O/c1-8(11-4-13-7-15-11)9-2-3-14-12(6-17)10(9)5-16;1-8(11-5-13-7-14-11)10-2-3-12-4-9(10)6-15/h2-4,7-8,16-17H,5-6H2,1H3,(H,13,15);2-5,7-8,15H,6H2,1H3,(H,13,14). The third-order valence-electron chi connectivity index (χ3n) is 5.51. The SMILES string of the molecule is CC(c1cnc[nH]1)c1ccnc(CO)c1CO.CC(c1cnc[nH]1)c1ccncc1CO. The second-order valence-electron chi connectivity index (χ2n) is 7.33. The molecule has 0 aliphatic rings. The highest BCUT2D eigenvalue weighted by atomic mass is 16.3. The summed E-state index contributed by atoms with van der Waals surface area (Å²) in [5.41, 5.74) is 6.12. The molecule has 4 heterocycles. The zero-order valence-electron chi connectivity index (χ0n) is 18.1. The van der Waals surface area contributed by atoms with E-state index < -0.39 is 0 Å². The molecule has 32 heavy (non-hydrogen) atoms. The molecule has 0 fully saturated rings. The normalized spacial score (nSPS) is 12.7. The summed E-state index contributed by atoms with van der Waals surface area (Å²) in [7, 11) is 0. The Morgan fingerprint density at radius 1 is 0.750 bits per heavy atom. The topological polar surface area (TPSA) is 144 Å². The van der Waals surface area contributed by atoms with E-state index in [1.807, 2.05) is 19.1 Å². The van der Waals surface area contributed by atoms with Crippen LogP contribution in [-0.2, 0) is 19.8 Å². The Hall–Kier alpha value is -3.40. The molecule has 0 bridgehead atoms. The maximum absolute atomic E-state index is 9.40. The van der Waals surface area contributed by atoms with E-state index in [-0.39, 0.29) is 31.7 Å². The number of rotatable bonds is 7. The van der Waals surface area contributed by atoms with Gasteiger partial charge in [0.15, 0.2) is 0 Å². The van der Waals surface area contributed by atoms with E-state index in [1.54, 1.807) is 43.6 Å². The van der Waals surface area contributed by atoms with Crippen LogP contribution in [0.15, 0.2) is 55.8 Å². The number of nitrogens with one attached hydrogen (secondary N) is 2. The van der Waals surface area contributed by atoms with Crippen LogP contribution in [-0.4, -0.2) is 45.2 Å². The van der Waals surface area contributed by atoms with Crippen molar-refractivity contribution in [1.29, 1.82) is 0 Å². The zero-order chi connectivity index (χ0) is 22.9. The van der Waals surface area contributed by atoms with Gasteiger partial charge in [0.25, 0.3) is 0 Å². The summed E-state index contributed by atoms with van der Waals surface area (Å²) in [5.74, 6) is 0.269. The van der Waals surface area contributed by atoms with Crippen LogP contribution in [0, 0.1) is 0 Å².